The molecule has 0 aromatic heterocycles. The molecule has 24 heavy (non-hydrogen) atoms. The van der Waals surface area contributed by atoms with Gasteiger partial charge in [0.05, 0.1) is 4.92 Å². The lowest BCUT2D eigenvalue weighted by molar-refractivity contribution is -0.384. The highest BCUT2D eigenvalue weighted by Crippen LogP contribution is 2.30. The highest BCUT2D eigenvalue weighted by molar-refractivity contribution is 9.10. The van der Waals surface area contributed by atoms with E-state index in [9.17, 15) is 14.9 Å². The summed E-state index contributed by atoms with van der Waals surface area (Å²) in [6.07, 6.45) is 1.50. The molecule has 0 radical (unpaired) electrons. The summed E-state index contributed by atoms with van der Waals surface area (Å²) < 4.78 is 6.43. The van der Waals surface area contributed by atoms with Gasteiger partial charge in [0.15, 0.2) is 6.61 Å². The van der Waals surface area contributed by atoms with E-state index in [2.05, 4.69) is 15.9 Å². The van der Waals surface area contributed by atoms with Gasteiger partial charge < -0.3 is 9.64 Å². The second-order valence-corrected chi connectivity index (χ2v) is 6.38. The first-order chi connectivity index (χ1) is 11.5. The van der Waals surface area contributed by atoms with Crippen LogP contribution in [0.2, 0.25) is 0 Å². The fourth-order valence-corrected chi connectivity index (χ4v) is 3.11. The minimum absolute atomic E-state index is 0.0495. The summed E-state index contributed by atoms with van der Waals surface area (Å²) in [6.45, 7) is 0.512. The van der Waals surface area contributed by atoms with Crippen molar-refractivity contribution in [2.75, 3.05) is 18.1 Å². The predicted molar refractivity (Wildman–Crippen MR) is 93.4 cm³/mol. The maximum Gasteiger partial charge on any atom is 0.269 e. The van der Waals surface area contributed by atoms with Gasteiger partial charge in [-0.3, -0.25) is 14.9 Å². The van der Waals surface area contributed by atoms with Gasteiger partial charge in [-0.05, 0) is 42.7 Å². The molecule has 6 nitrogen and oxygen atoms in total. The standard InChI is InChI=1S/C17H15BrN2O4/c18-13-4-1-5-15(10-13)24-11-17(21)19-8-2-3-12-9-14(20(22)23)6-7-16(12)19/h1,4-7,9-10H,2-3,8,11H2. The predicted octanol–water partition coefficient (Wildman–Crippen LogP) is 3.72. The number of ether oxygens (including phenoxy) is 1. The Balaban J connectivity index is 1.74. The molecular weight excluding hydrogens is 376 g/mol. The number of anilines is 1. The third-order valence-electron chi connectivity index (χ3n) is 3.85. The summed E-state index contributed by atoms with van der Waals surface area (Å²) in [6, 6.07) is 11.9. The number of non-ortho nitro benzene ring substituents is 1. The largest absolute Gasteiger partial charge is 0.484 e. The Morgan fingerprint density at radius 1 is 1.29 bits per heavy atom. The number of nitro benzene ring substituents is 1. The van der Waals surface area contributed by atoms with Crippen molar-refractivity contribution in [3.63, 3.8) is 0 Å². The maximum absolute atomic E-state index is 12.5. The molecule has 2 aromatic rings. The molecule has 0 unspecified atom stereocenters. The van der Waals surface area contributed by atoms with Gasteiger partial charge in [-0.25, -0.2) is 0 Å². The molecule has 3 rings (SSSR count). The molecule has 1 heterocycles. The lowest BCUT2D eigenvalue weighted by atomic mass is 10.0. The number of carbonyl (C=O) groups is 1. The molecule has 0 bridgehead atoms. The Morgan fingerprint density at radius 2 is 2.12 bits per heavy atom. The number of halogens is 1. The summed E-state index contributed by atoms with van der Waals surface area (Å²) in [5.74, 6) is 0.448. The first kappa shape index (κ1) is 16.4. The number of hydrogen-bond donors (Lipinski definition) is 0. The highest BCUT2D eigenvalue weighted by atomic mass is 79.9. The molecule has 0 atom stereocenters. The third kappa shape index (κ3) is 3.56. The van der Waals surface area contributed by atoms with Gasteiger partial charge in [-0.1, -0.05) is 22.0 Å². The quantitative estimate of drug-likeness (QED) is 0.588. The minimum Gasteiger partial charge on any atom is -0.484 e. The van der Waals surface area contributed by atoms with Gasteiger partial charge in [0.1, 0.15) is 5.75 Å². The fraction of sp³-hybridized carbons (Fsp3) is 0.235. The smallest absolute Gasteiger partial charge is 0.269 e. The van der Waals surface area contributed by atoms with E-state index in [4.69, 9.17) is 4.74 Å². The van der Waals surface area contributed by atoms with Crippen molar-refractivity contribution in [3.05, 3.63) is 62.6 Å². The van der Waals surface area contributed by atoms with Crippen molar-refractivity contribution in [3.8, 4) is 5.75 Å². The molecule has 0 saturated carbocycles. The zero-order chi connectivity index (χ0) is 17.1. The van der Waals surface area contributed by atoms with E-state index < -0.39 is 4.92 Å². The molecule has 1 aliphatic heterocycles. The summed E-state index contributed by atoms with van der Waals surface area (Å²) in [7, 11) is 0. The maximum atomic E-state index is 12.5. The van der Waals surface area contributed by atoms with Crippen LogP contribution in [0.4, 0.5) is 11.4 Å². The molecule has 0 fully saturated rings. The zero-order valence-corrected chi connectivity index (χ0v) is 14.4. The number of carbonyl (C=O) groups excluding carboxylic acids is 1. The number of rotatable bonds is 4. The van der Waals surface area contributed by atoms with Crippen LogP contribution in [0.15, 0.2) is 46.9 Å². The van der Waals surface area contributed by atoms with Gasteiger partial charge >= 0.3 is 0 Å². The molecule has 2 aromatic carbocycles. The zero-order valence-electron chi connectivity index (χ0n) is 12.8. The van der Waals surface area contributed by atoms with Crippen LogP contribution in [0.5, 0.6) is 5.75 Å². The monoisotopic (exact) mass is 390 g/mol. The van der Waals surface area contributed by atoms with Crippen molar-refractivity contribution in [2.45, 2.75) is 12.8 Å². The number of benzene rings is 2. The lowest BCUT2D eigenvalue weighted by Crippen LogP contribution is -2.38. The van der Waals surface area contributed by atoms with Crippen LogP contribution in [0, 0.1) is 10.1 Å². The first-order valence-electron chi connectivity index (χ1n) is 7.50. The highest BCUT2D eigenvalue weighted by Gasteiger charge is 2.24. The first-order valence-corrected chi connectivity index (χ1v) is 8.30. The third-order valence-corrected chi connectivity index (χ3v) is 4.35. The van der Waals surface area contributed by atoms with Gasteiger partial charge in [0, 0.05) is 28.8 Å². The van der Waals surface area contributed by atoms with E-state index in [0.29, 0.717) is 12.3 Å². The summed E-state index contributed by atoms with van der Waals surface area (Å²) >= 11 is 3.36. The Bertz CT molecular complexity index is 794. The van der Waals surface area contributed by atoms with Crippen LogP contribution < -0.4 is 9.64 Å². The van der Waals surface area contributed by atoms with E-state index >= 15 is 0 Å². The molecule has 7 heteroatoms. The number of fused-ring (bicyclic) bond motifs is 1. The summed E-state index contributed by atoms with van der Waals surface area (Å²) in [5, 5.41) is 10.9. The van der Waals surface area contributed by atoms with Crippen LogP contribution in [0.1, 0.15) is 12.0 Å². The minimum atomic E-state index is -0.419. The van der Waals surface area contributed by atoms with Crippen LogP contribution in [-0.2, 0) is 11.2 Å². The fourth-order valence-electron chi connectivity index (χ4n) is 2.74. The molecule has 0 aliphatic carbocycles. The Labute approximate surface area is 147 Å². The molecule has 0 spiro atoms. The van der Waals surface area contributed by atoms with Crippen LogP contribution in [0.25, 0.3) is 0 Å². The van der Waals surface area contributed by atoms with Crippen LogP contribution in [0.3, 0.4) is 0 Å². The van der Waals surface area contributed by atoms with Crippen molar-refractivity contribution in [1.82, 2.24) is 0 Å². The van der Waals surface area contributed by atoms with E-state index in [-0.39, 0.29) is 18.2 Å². The second kappa shape index (κ2) is 7.00. The van der Waals surface area contributed by atoms with Crippen LogP contribution >= 0.6 is 15.9 Å². The van der Waals surface area contributed by atoms with E-state index in [0.717, 1.165) is 28.6 Å². The number of hydrogen-bond acceptors (Lipinski definition) is 4. The van der Waals surface area contributed by atoms with Crippen molar-refractivity contribution in [2.24, 2.45) is 0 Å². The average molecular weight is 391 g/mol. The normalized spacial score (nSPS) is 13.3. The number of aryl methyl sites for hydroxylation is 1. The summed E-state index contributed by atoms with van der Waals surface area (Å²) in [4.78, 5) is 24.6. The lowest BCUT2D eigenvalue weighted by Gasteiger charge is -2.29. The molecule has 1 amide bonds. The molecule has 0 N–H and O–H groups in total. The molecular formula is C17H15BrN2O4. The average Bonchev–Trinajstić information content (AvgIpc) is 2.58. The topological polar surface area (TPSA) is 72.7 Å². The van der Waals surface area contributed by atoms with Gasteiger partial charge in [0.2, 0.25) is 0 Å². The van der Waals surface area contributed by atoms with Gasteiger partial charge in [-0.15, -0.1) is 0 Å². The SMILES string of the molecule is O=C(COc1cccc(Br)c1)N1CCCc2cc([N+](=O)[O-])ccc21. The Morgan fingerprint density at radius 3 is 2.88 bits per heavy atom. The van der Waals surface area contributed by atoms with Gasteiger partial charge in [0.25, 0.3) is 11.6 Å². The van der Waals surface area contributed by atoms with E-state index in [1.165, 1.54) is 6.07 Å². The summed E-state index contributed by atoms with van der Waals surface area (Å²) in [5.41, 5.74) is 1.61. The Hall–Kier alpha value is -2.41. The van der Waals surface area contributed by atoms with Gasteiger partial charge in [-0.2, -0.15) is 0 Å². The Kier molecular flexibility index (Phi) is 4.80. The van der Waals surface area contributed by atoms with Crippen molar-refractivity contribution < 1.29 is 14.5 Å². The number of nitrogens with zero attached hydrogens (tertiary/aromatic N) is 2. The van der Waals surface area contributed by atoms with E-state index in [1.807, 2.05) is 12.1 Å². The van der Waals surface area contributed by atoms with E-state index in [1.54, 1.807) is 29.2 Å². The number of amides is 1. The number of nitro groups is 1. The van der Waals surface area contributed by atoms with Crippen LogP contribution in [-0.4, -0.2) is 24.0 Å². The second-order valence-electron chi connectivity index (χ2n) is 5.47. The molecule has 124 valence electrons. The molecule has 0 saturated heterocycles. The van der Waals surface area contributed by atoms with Crippen molar-refractivity contribution in [1.29, 1.82) is 0 Å². The molecule has 1 aliphatic rings. The van der Waals surface area contributed by atoms with Crippen molar-refractivity contribution >= 4 is 33.2 Å².